The van der Waals surface area contributed by atoms with Gasteiger partial charge in [0.25, 0.3) is 0 Å². The minimum Gasteiger partial charge on any atom is -0.343 e. The van der Waals surface area contributed by atoms with Crippen LogP contribution in [0.4, 0.5) is 4.39 Å². The molecule has 0 saturated carbocycles. The van der Waals surface area contributed by atoms with Gasteiger partial charge in [-0.25, -0.2) is 4.39 Å². The molecule has 3 aromatic rings. The highest BCUT2D eigenvalue weighted by atomic mass is 19.1. The van der Waals surface area contributed by atoms with Gasteiger partial charge in [-0.1, -0.05) is 35.9 Å². The zero-order chi connectivity index (χ0) is 12.5. The molecule has 0 fully saturated rings. The molecule has 90 valence electrons. The molecule has 1 nitrogen and oxygen atoms in total. The molecule has 0 atom stereocenters. The highest BCUT2D eigenvalue weighted by molar-refractivity contribution is 5.80. The zero-order valence-electron chi connectivity index (χ0n) is 10.2. The van der Waals surface area contributed by atoms with Crippen molar-refractivity contribution in [2.45, 2.75) is 13.5 Å². The van der Waals surface area contributed by atoms with E-state index in [4.69, 9.17) is 0 Å². The largest absolute Gasteiger partial charge is 0.343 e. The number of aromatic nitrogens is 1. The molecule has 3 rings (SSSR count). The van der Waals surface area contributed by atoms with E-state index in [1.807, 2.05) is 18.3 Å². The van der Waals surface area contributed by atoms with Gasteiger partial charge in [-0.05, 0) is 30.7 Å². The molecule has 0 amide bonds. The number of aryl methyl sites for hydroxylation is 1. The fraction of sp³-hybridized carbons (Fsp3) is 0.125. The Bertz CT molecular complexity index is 680. The van der Waals surface area contributed by atoms with E-state index in [1.165, 1.54) is 17.2 Å². The van der Waals surface area contributed by atoms with Gasteiger partial charge >= 0.3 is 0 Å². The van der Waals surface area contributed by atoms with Crippen molar-refractivity contribution in [3.63, 3.8) is 0 Å². The van der Waals surface area contributed by atoms with Crippen LogP contribution < -0.4 is 0 Å². The molecule has 0 radical (unpaired) electrons. The minimum atomic E-state index is -0.157. The molecule has 18 heavy (non-hydrogen) atoms. The number of nitrogens with zero attached hydrogens (tertiary/aromatic N) is 1. The van der Waals surface area contributed by atoms with E-state index in [2.05, 4.69) is 35.8 Å². The van der Waals surface area contributed by atoms with Crippen molar-refractivity contribution in [3.05, 3.63) is 71.7 Å². The van der Waals surface area contributed by atoms with Gasteiger partial charge in [-0.2, -0.15) is 0 Å². The van der Waals surface area contributed by atoms with E-state index in [1.54, 1.807) is 6.07 Å². The quantitative estimate of drug-likeness (QED) is 0.633. The van der Waals surface area contributed by atoms with Gasteiger partial charge in [0.05, 0.1) is 5.52 Å². The molecule has 0 aliphatic rings. The third-order valence-corrected chi connectivity index (χ3v) is 3.23. The summed E-state index contributed by atoms with van der Waals surface area (Å²) in [7, 11) is 0. The molecule has 2 heteroatoms. The van der Waals surface area contributed by atoms with Crippen molar-refractivity contribution in [1.29, 1.82) is 0 Å². The number of hydrogen-bond donors (Lipinski definition) is 0. The van der Waals surface area contributed by atoms with Gasteiger partial charge in [0, 0.05) is 18.1 Å². The molecule has 1 heterocycles. The van der Waals surface area contributed by atoms with Crippen LogP contribution in [-0.4, -0.2) is 4.57 Å². The summed E-state index contributed by atoms with van der Waals surface area (Å²) < 4.78 is 15.7. The number of fused-ring (bicyclic) bond motifs is 1. The van der Waals surface area contributed by atoms with Crippen LogP contribution in [0.3, 0.4) is 0 Å². The van der Waals surface area contributed by atoms with Gasteiger partial charge in [0.2, 0.25) is 0 Å². The fourth-order valence-electron chi connectivity index (χ4n) is 2.21. The second-order valence-electron chi connectivity index (χ2n) is 4.60. The lowest BCUT2D eigenvalue weighted by molar-refractivity contribution is 0.639. The number of halogens is 1. The molecule has 0 bridgehead atoms. The molecule has 0 aliphatic carbocycles. The Morgan fingerprint density at radius 3 is 2.56 bits per heavy atom. The van der Waals surface area contributed by atoms with Crippen LogP contribution in [-0.2, 0) is 6.54 Å². The summed E-state index contributed by atoms with van der Waals surface area (Å²) in [6, 6.07) is 15.5. The van der Waals surface area contributed by atoms with E-state index in [0.29, 0.717) is 5.39 Å². The summed E-state index contributed by atoms with van der Waals surface area (Å²) in [4.78, 5) is 0. The van der Waals surface area contributed by atoms with Gasteiger partial charge in [0.1, 0.15) is 5.82 Å². The predicted molar refractivity (Wildman–Crippen MR) is 72.2 cm³/mol. The number of hydrogen-bond acceptors (Lipinski definition) is 0. The summed E-state index contributed by atoms with van der Waals surface area (Å²) in [6.07, 6.45) is 1.94. The van der Waals surface area contributed by atoms with Crippen LogP contribution in [0.15, 0.2) is 54.7 Å². The maximum absolute atomic E-state index is 13.6. The van der Waals surface area contributed by atoms with E-state index in [0.717, 1.165) is 12.1 Å². The SMILES string of the molecule is Cc1ccc(Cn2ccc3c(F)cccc32)cc1. The fourth-order valence-corrected chi connectivity index (χ4v) is 2.21. The molecule has 1 aromatic heterocycles. The standard InChI is InChI=1S/C16H14FN/c1-12-5-7-13(8-6-12)11-18-10-9-14-15(17)3-2-4-16(14)18/h2-10H,11H2,1H3. The number of rotatable bonds is 2. The minimum absolute atomic E-state index is 0.157. The van der Waals surface area contributed by atoms with Crippen molar-refractivity contribution in [3.8, 4) is 0 Å². The Morgan fingerprint density at radius 1 is 1.00 bits per heavy atom. The van der Waals surface area contributed by atoms with Gasteiger partial charge in [-0.15, -0.1) is 0 Å². The van der Waals surface area contributed by atoms with E-state index >= 15 is 0 Å². The molecule has 0 unspecified atom stereocenters. The lowest BCUT2D eigenvalue weighted by Gasteiger charge is -2.06. The van der Waals surface area contributed by atoms with Crippen molar-refractivity contribution in [2.24, 2.45) is 0 Å². The first kappa shape index (κ1) is 11.0. The first-order valence-electron chi connectivity index (χ1n) is 6.03. The van der Waals surface area contributed by atoms with Gasteiger partial charge in [-0.3, -0.25) is 0 Å². The molecule has 0 aliphatic heterocycles. The highest BCUT2D eigenvalue weighted by Gasteiger charge is 2.05. The first-order chi connectivity index (χ1) is 8.74. The summed E-state index contributed by atoms with van der Waals surface area (Å²) in [6.45, 7) is 2.84. The number of benzene rings is 2. The van der Waals surface area contributed by atoms with Crippen molar-refractivity contribution < 1.29 is 4.39 Å². The zero-order valence-corrected chi connectivity index (χ0v) is 10.2. The normalized spacial score (nSPS) is 11.0. The Balaban J connectivity index is 2.00. The van der Waals surface area contributed by atoms with Crippen LogP contribution in [0.2, 0.25) is 0 Å². The third kappa shape index (κ3) is 1.90. The summed E-state index contributed by atoms with van der Waals surface area (Å²) in [5, 5.41) is 0.685. The van der Waals surface area contributed by atoms with Crippen LogP contribution >= 0.6 is 0 Å². The van der Waals surface area contributed by atoms with Crippen molar-refractivity contribution >= 4 is 10.9 Å². The smallest absolute Gasteiger partial charge is 0.132 e. The maximum Gasteiger partial charge on any atom is 0.132 e. The van der Waals surface area contributed by atoms with E-state index in [9.17, 15) is 4.39 Å². The average molecular weight is 239 g/mol. The molecule has 2 aromatic carbocycles. The molecule has 0 saturated heterocycles. The van der Waals surface area contributed by atoms with Crippen molar-refractivity contribution in [2.75, 3.05) is 0 Å². The van der Waals surface area contributed by atoms with Crippen LogP contribution in [0.25, 0.3) is 10.9 Å². The topological polar surface area (TPSA) is 4.93 Å². The molecule has 0 N–H and O–H groups in total. The highest BCUT2D eigenvalue weighted by Crippen LogP contribution is 2.20. The Kier molecular flexibility index (Phi) is 2.63. The third-order valence-electron chi connectivity index (χ3n) is 3.23. The molecule has 0 spiro atoms. The summed E-state index contributed by atoms with van der Waals surface area (Å²) >= 11 is 0. The molecular formula is C16H14FN. The lowest BCUT2D eigenvalue weighted by atomic mass is 10.1. The monoisotopic (exact) mass is 239 g/mol. The lowest BCUT2D eigenvalue weighted by Crippen LogP contribution is -1.97. The van der Waals surface area contributed by atoms with Crippen LogP contribution in [0, 0.1) is 12.7 Å². The van der Waals surface area contributed by atoms with Gasteiger partial charge in [0.15, 0.2) is 0 Å². The van der Waals surface area contributed by atoms with E-state index < -0.39 is 0 Å². The first-order valence-corrected chi connectivity index (χ1v) is 6.03. The van der Waals surface area contributed by atoms with Crippen molar-refractivity contribution in [1.82, 2.24) is 4.57 Å². The average Bonchev–Trinajstić information content (AvgIpc) is 2.77. The molecular weight excluding hydrogens is 225 g/mol. The van der Waals surface area contributed by atoms with E-state index in [-0.39, 0.29) is 5.82 Å². The second kappa shape index (κ2) is 4.30. The van der Waals surface area contributed by atoms with Gasteiger partial charge < -0.3 is 4.57 Å². The maximum atomic E-state index is 13.6. The van der Waals surface area contributed by atoms with Crippen LogP contribution in [0.1, 0.15) is 11.1 Å². The Labute approximate surface area is 105 Å². The summed E-state index contributed by atoms with van der Waals surface area (Å²) in [5.41, 5.74) is 3.42. The Morgan fingerprint density at radius 2 is 1.78 bits per heavy atom. The summed E-state index contributed by atoms with van der Waals surface area (Å²) in [5.74, 6) is -0.157. The predicted octanol–water partition coefficient (Wildman–Crippen LogP) is 4.14. The second-order valence-corrected chi connectivity index (χ2v) is 4.60. The Hall–Kier alpha value is -2.09. The van der Waals surface area contributed by atoms with Crippen LogP contribution in [0.5, 0.6) is 0 Å².